The minimum Gasteiger partial charge on any atom is -0.497 e. The van der Waals surface area contributed by atoms with Crippen molar-refractivity contribution in [3.05, 3.63) is 66.6 Å². The van der Waals surface area contributed by atoms with Crippen LogP contribution in [-0.4, -0.2) is 87.9 Å². The predicted molar refractivity (Wildman–Crippen MR) is 193 cm³/mol. The molecule has 7 rings (SSSR count). The third-order valence-electron chi connectivity index (χ3n) is 10.1. The van der Waals surface area contributed by atoms with Crippen molar-refractivity contribution >= 4 is 28.7 Å². The van der Waals surface area contributed by atoms with E-state index in [0.29, 0.717) is 45.2 Å². The highest BCUT2D eigenvalue weighted by Crippen LogP contribution is 2.42. The Kier molecular flexibility index (Phi) is 9.09. The number of aromatic nitrogens is 3. The van der Waals surface area contributed by atoms with Gasteiger partial charge in [-0.3, -0.25) is 9.78 Å². The van der Waals surface area contributed by atoms with Crippen molar-refractivity contribution in [2.24, 2.45) is 5.92 Å². The fourth-order valence-electron chi connectivity index (χ4n) is 7.03. The van der Waals surface area contributed by atoms with Gasteiger partial charge in [-0.2, -0.15) is 0 Å². The lowest BCUT2D eigenvalue weighted by atomic mass is 10.0. The first-order valence-corrected chi connectivity index (χ1v) is 17.8. The zero-order valence-corrected chi connectivity index (χ0v) is 30.0. The molecule has 1 aliphatic carbocycles. The van der Waals surface area contributed by atoms with Crippen molar-refractivity contribution in [1.29, 1.82) is 0 Å². The van der Waals surface area contributed by atoms with E-state index in [-0.39, 0.29) is 30.1 Å². The molecule has 0 bridgehead atoms. The lowest BCUT2D eigenvalue weighted by Crippen LogP contribution is -2.50. The van der Waals surface area contributed by atoms with Crippen molar-refractivity contribution in [3.63, 3.8) is 0 Å². The van der Waals surface area contributed by atoms with Crippen LogP contribution in [-0.2, 0) is 9.53 Å². The summed E-state index contributed by atoms with van der Waals surface area (Å²) in [6.45, 7) is 13.1. The number of imidazole rings is 1. The van der Waals surface area contributed by atoms with E-state index >= 15 is 0 Å². The number of anilines is 1. The van der Waals surface area contributed by atoms with E-state index in [4.69, 9.17) is 24.2 Å². The summed E-state index contributed by atoms with van der Waals surface area (Å²) in [7, 11) is 1.66. The first-order valence-electron chi connectivity index (χ1n) is 17.8. The van der Waals surface area contributed by atoms with Crippen LogP contribution in [0.3, 0.4) is 0 Å². The standard InChI is InChI=1S/C39H48N6O5/c1-25(27-7-12-32(48-6)13-8-27)44-23-29(21-36(44)46)26(2)49-35-20-28(19-34-37(35)45(24-41-34)30-9-10-30)33-14-11-31(22-40-33)42-15-17-43(18-16-42)38(47)50-39(3,4)5/h7-8,11-14,19-20,22,24-26,29-30H,9-10,15-18,21,23H2,1-6H3/t25-,26-,29?/m1/s1. The summed E-state index contributed by atoms with van der Waals surface area (Å²) < 4.78 is 19.9. The Hall–Kier alpha value is -4.80. The van der Waals surface area contributed by atoms with Crippen LogP contribution in [0.2, 0.25) is 0 Å². The van der Waals surface area contributed by atoms with Gasteiger partial charge in [-0.1, -0.05) is 12.1 Å². The third-order valence-corrected chi connectivity index (χ3v) is 10.1. The molecule has 3 atom stereocenters. The lowest BCUT2D eigenvalue weighted by molar-refractivity contribution is -0.129. The number of ether oxygens (including phenoxy) is 3. The smallest absolute Gasteiger partial charge is 0.410 e. The number of carbonyl (C=O) groups is 2. The molecule has 0 N–H and O–H groups in total. The topological polar surface area (TPSA) is 102 Å². The average Bonchev–Trinajstić information content (AvgIpc) is 3.74. The minimum absolute atomic E-state index is 0.0418. The number of methoxy groups -OCH3 is 1. The van der Waals surface area contributed by atoms with Crippen molar-refractivity contribution in [2.45, 2.75) is 77.7 Å². The molecule has 2 aromatic heterocycles. The summed E-state index contributed by atoms with van der Waals surface area (Å²) in [4.78, 5) is 41.4. The van der Waals surface area contributed by atoms with E-state index < -0.39 is 5.60 Å². The summed E-state index contributed by atoms with van der Waals surface area (Å²) in [5.41, 5.74) is 5.22. The second kappa shape index (κ2) is 13.5. The Morgan fingerprint density at radius 3 is 2.34 bits per heavy atom. The van der Waals surface area contributed by atoms with E-state index in [0.717, 1.165) is 57.9 Å². The second-order valence-corrected chi connectivity index (χ2v) is 14.9. The normalized spacial score (nSPS) is 19.5. The zero-order chi connectivity index (χ0) is 35.2. The molecule has 11 heteroatoms. The number of nitrogens with zero attached hydrogens (tertiary/aromatic N) is 6. The number of rotatable bonds is 9. The van der Waals surface area contributed by atoms with Crippen LogP contribution in [0.25, 0.3) is 22.3 Å². The average molecular weight is 681 g/mol. The molecule has 2 amide bonds. The molecule has 3 aliphatic rings. The number of carbonyl (C=O) groups excluding carboxylic acids is 2. The summed E-state index contributed by atoms with van der Waals surface area (Å²) in [6.07, 6.45) is 6.08. The third kappa shape index (κ3) is 7.09. The summed E-state index contributed by atoms with van der Waals surface area (Å²) in [6, 6.07) is 16.6. The van der Waals surface area contributed by atoms with E-state index in [2.05, 4.69) is 41.5 Å². The maximum atomic E-state index is 13.3. The maximum Gasteiger partial charge on any atom is 0.410 e. The van der Waals surface area contributed by atoms with Crippen LogP contribution in [0.5, 0.6) is 11.5 Å². The predicted octanol–water partition coefficient (Wildman–Crippen LogP) is 6.88. The number of fused-ring (bicyclic) bond motifs is 1. The SMILES string of the molecule is COc1ccc([C@@H](C)N2CC([C@@H](C)Oc3cc(-c4ccc(N5CCN(C(=O)OC(C)(C)C)CC5)cn4)cc4ncn(C5CC5)c34)CC2=O)cc1. The fourth-order valence-corrected chi connectivity index (χ4v) is 7.03. The quantitative estimate of drug-likeness (QED) is 0.189. The molecule has 1 unspecified atom stereocenters. The second-order valence-electron chi connectivity index (χ2n) is 14.9. The van der Waals surface area contributed by atoms with Gasteiger partial charge in [-0.25, -0.2) is 9.78 Å². The molecule has 264 valence electrons. The first kappa shape index (κ1) is 33.7. The number of amides is 2. The summed E-state index contributed by atoms with van der Waals surface area (Å²) >= 11 is 0. The van der Waals surface area contributed by atoms with Gasteiger partial charge in [0.15, 0.2) is 0 Å². The Bertz CT molecular complexity index is 1840. The number of benzene rings is 2. The van der Waals surface area contributed by atoms with Gasteiger partial charge in [0.2, 0.25) is 5.91 Å². The van der Waals surface area contributed by atoms with Gasteiger partial charge >= 0.3 is 6.09 Å². The minimum atomic E-state index is -0.510. The van der Waals surface area contributed by atoms with Crippen LogP contribution in [0, 0.1) is 5.92 Å². The van der Waals surface area contributed by atoms with Crippen LogP contribution in [0.4, 0.5) is 10.5 Å². The molecule has 4 heterocycles. The highest BCUT2D eigenvalue weighted by atomic mass is 16.6. The van der Waals surface area contributed by atoms with Gasteiger partial charge in [-0.05, 0) is 89.4 Å². The maximum absolute atomic E-state index is 13.3. The molecule has 50 heavy (non-hydrogen) atoms. The van der Waals surface area contributed by atoms with E-state index in [1.165, 1.54) is 0 Å². The molecule has 2 aliphatic heterocycles. The number of hydrogen-bond acceptors (Lipinski definition) is 8. The van der Waals surface area contributed by atoms with E-state index in [1.54, 1.807) is 12.0 Å². The molecule has 2 aromatic carbocycles. The fraction of sp³-hybridized carbons (Fsp3) is 0.487. The monoisotopic (exact) mass is 680 g/mol. The lowest BCUT2D eigenvalue weighted by Gasteiger charge is -2.36. The molecular weight excluding hydrogens is 632 g/mol. The number of pyridine rings is 1. The Morgan fingerprint density at radius 1 is 0.960 bits per heavy atom. The van der Waals surface area contributed by atoms with Gasteiger partial charge < -0.3 is 33.5 Å². The number of likely N-dealkylation sites (tertiary alicyclic amines) is 1. The van der Waals surface area contributed by atoms with Crippen LogP contribution >= 0.6 is 0 Å². The zero-order valence-electron chi connectivity index (χ0n) is 30.0. The molecule has 0 spiro atoms. The molecular formula is C39H48N6O5. The van der Waals surface area contributed by atoms with Gasteiger partial charge in [-0.15, -0.1) is 0 Å². The summed E-state index contributed by atoms with van der Waals surface area (Å²) in [5, 5.41) is 0. The summed E-state index contributed by atoms with van der Waals surface area (Å²) in [5.74, 6) is 1.76. The Balaban J connectivity index is 1.07. The molecule has 1 saturated carbocycles. The molecule has 4 aromatic rings. The van der Waals surface area contributed by atoms with Crippen molar-refractivity contribution in [1.82, 2.24) is 24.3 Å². The highest BCUT2D eigenvalue weighted by molar-refractivity contribution is 5.88. The van der Waals surface area contributed by atoms with Crippen LogP contribution in [0.1, 0.15) is 71.5 Å². The van der Waals surface area contributed by atoms with Crippen LogP contribution in [0.15, 0.2) is 61.1 Å². The van der Waals surface area contributed by atoms with Crippen molar-refractivity contribution in [3.8, 4) is 22.8 Å². The molecule has 11 nitrogen and oxygen atoms in total. The van der Waals surface area contributed by atoms with Gasteiger partial charge in [0.25, 0.3) is 0 Å². The highest BCUT2D eigenvalue weighted by Gasteiger charge is 2.37. The van der Waals surface area contributed by atoms with E-state index in [1.807, 2.05) is 68.5 Å². The first-order chi connectivity index (χ1) is 24.0. The van der Waals surface area contributed by atoms with Crippen LogP contribution < -0.4 is 14.4 Å². The molecule has 3 fully saturated rings. The number of piperazine rings is 1. The van der Waals surface area contributed by atoms with Crippen molar-refractivity contribution < 1.29 is 23.8 Å². The number of hydrogen-bond donors (Lipinski definition) is 0. The largest absolute Gasteiger partial charge is 0.497 e. The Morgan fingerprint density at radius 2 is 1.70 bits per heavy atom. The molecule has 0 radical (unpaired) electrons. The Labute approximate surface area is 294 Å². The van der Waals surface area contributed by atoms with Crippen molar-refractivity contribution in [2.75, 3.05) is 44.7 Å². The molecule has 2 saturated heterocycles. The van der Waals surface area contributed by atoms with Gasteiger partial charge in [0.05, 0.1) is 42.6 Å². The van der Waals surface area contributed by atoms with E-state index in [9.17, 15) is 9.59 Å². The van der Waals surface area contributed by atoms with Gasteiger partial charge in [0, 0.05) is 56.7 Å². The van der Waals surface area contributed by atoms with Gasteiger partial charge in [0.1, 0.15) is 28.7 Å².